The van der Waals surface area contributed by atoms with Gasteiger partial charge in [-0.1, -0.05) is 0 Å². The summed E-state index contributed by atoms with van der Waals surface area (Å²) in [5.41, 5.74) is -0.704. The highest BCUT2D eigenvalue weighted by atomic mass is 19.4. The van der Waals surface area contributed by atoms with Crippen molar-refractivity contribution in [3.63, 3.8) is 0 Å². The molecular formula is C19H26F3N3O3. The Bertz CT molecular complexity index is 655. The van der Waals surface area contributed by atoms with Crippen molar-refractivity contribution in [3.8, 4) is 5.75 Å². The molecule has 1 fully saturated rings. The summed E-state index contributed by atoms with van der Waals surface area (Å²) in [7, 11) is 1.68. The first-order valence-electron chi connectivity index (χ1n) is 9.27. The average molecular weight is 401 g/mol. The van der Waals surface area contributed by atoms with Crippen LogP contribution >= 0.6 is 0 Å². The van der Waals surface area contributed by atoms with Crippen molar-refractivity contribution >= 4 is 11.9 Å². The SMILES string of the molecule is CCOC(=O)C1CCN(C(=NC)NCCOc2ccc(C(F)(F)F)cc2)CC1. The molecular weight excluding hydrogens is 375 g/mol. The molecule has 0 unspecified atom stereocenters. The zero-order valence-electron chi connectivity index (χ0n) is 16.1. The van der Waals surface area contributed by atoms with E-state index in [0.717, 1.165) is 12.1 Å². The third-order valence-electron chi connectivity index (χ3n) is 4.46. The van der Waals surface area contributed by atoms with Gasteiger partial charge in [-0.2, -0.15) is 13.2 Å². The molecule has 1 aromatic carbocycles. The zero-order valence-corrected chi connectivity index (χ0v) is 16.1. The second kappa shape index (κ2) is 10.2. The molecule has 0 radical (unpaired) electrons. The molecule has 1 aromatic rings. The van der Waals surface area contributed by atoms with Gasteiger partial charge in [0.15, 0.2) is 5.96 Å². The molecule has 0 atom stereocenters. The molecule has 1 N–H and O–H groups in total. The van der Waals surface area contributed by atoms with Crippen LogP contribution in [-0.2, 0) is 15.7 Å². The second-order valence-electron chi connectivity index (χ2n) is 6.36. The van der Waals surface area contributed by atoms with Crippen LogP contribution in [0.3, 0.4) is 0 Å². The van der Waals surface area contributed by atoms with Gasteiger partial charge in [0, 0.05) is 20.1 Å². The zero-order chi connectivity index (χ0) is 20.6. The van der Waals surface area contributed by atoms with Crippen molar-refractivity contribution in [1.82, 2.24) is 10.2 Å². The molecule has 6 nitrogen and oxygen atoms in total. The number of rotatable bonds is 6. The summed E-state index contributed by atoms with van der Waals surface area (Å²) in [6, 6.07) is 4.60. The summed E-state index contributed by atoms with van der Waals surface area (Å²) in [5, 5.41) is 3.17. The van der Waals surface area contributed by atoms with Gasteiger partial charge in [-0.05, 0) is 44.0 Å². The minimum Gasteiger partial charge on any atom is -0.492 e. The van der Waals surface area contributed by atoms with E-state index in [1.165, 1.54) is 12.1 Å². The van der Waals surface area contributed by atoms with Gasteiger partial charge < -0.3 is 19.7 Å². The molecule has 0 saturated carbocycles. The van der Waals surface area contributed by atoms with E-state index in [2.05, 4.69) is 15.2 Å². The molecule has 0 spiro atoms. The lowest BCUT2D eigenvalue weighted by molar-refractivity contribution is -0.149. The highest BCUT2D eigenvalue weighted by Gasteiger charge is 2.30. The van der Waals surface area contributed by atoms with Crippen molar-refractivity contribution in [2.45, 2.75) is 25.9 Å². The molecule has 2 rings (SSSR count). The number of carbonyl (C=O) groups excluding carboxylic acids is 1. The summed E-state index contributed by atoms with van der Waals surface area (Å²) in [6.07, 6.45) is -2.93. The maximum atomic E-state index is 12.5. The Hall–Kier alpha value is -2.45. The molecule has 1 aliphatic heterocycles. The van der Waals surface area contributed by atoms with Gasteiger partial charge in [0.05, 0.1) is 24.6 Å². The van der Waals surface area contributed by atoms with Crippen LogP contribution in [0.2, 0.25) is 0 Å². The van der Waals surface area contributed by atoms with Gasteiger partial charge in [0.25, 0.3) is 0 Å². The molecule has 1 aliphatic rings. The summed E-state index contributed by atoms with van der Waals surface area (Å²) in [5.74, 6) is 0.866. The highest BCUT2D eigenvalue weighted by Crippen LogP contribution is 2.30. The fourth-order valence-corrected chi connectivity index (χ4v) is 2.99. The Labute approximate surface area is 162 Å². The molecule has 1 heterocycles. The number of hydrogen-bond acceptors (Lipinski definition) is 4. The highest BCUT2D eigenvalue weighted by molar-refractivity contribution is 5.80. The lowest BCUT2D eigenvalue weighted by atomic mass is 9.97. The maximum Gasteiger partial charge on any atom is 0.416 e. The van der Waals surface area contributed by atoms with E-state index in [1.807, 2.05) is 0 Å². The lowest BCUT2D eigenvalue weighted by Crippen LogP contribution is -2.47. The van der Waals surface area contributed by atoms with E-state index in [0.29, 0.717) is 50.8 Å². The molecule has 0 bridgehead atoms. The van der Waals surface area contributed by atoms with Gasteiger partial charge in [-0.3, -0.25) is 9.79 Å². The predicted octanol–water partition coefficient (Wildman–Crippen LogP) is 2.93. The molecule has 1 saturated heterocycles. The molecule has 28 heavy (non-hydrogen) atoms. The number of benzene rings is 1. The van der Waals surface area contributed by atoms with E-state index < -0.39 is 11.7 Å². The van der Waals surface area contributed by atoms with E-state index in [9.17, 15) is 18.0 Å². The first-order valence-corrected chi connectivity index (χ1v) is 9.27. The smallest absolute Gasteiger partial charge is 0.416 e. The second-order valence-corrected chi connectivity index (χ2v) is 6.36. The Morgan fingerprint density at radius 1 is 1.25 bits per heavy atom. The molecule has 156 valence electrons. The van der Waals surface area contributed by atoms with Crippen LogP contribution < -0.4 is 10.1 Å². The Balaban J connectivity index is 1.72. The Kier molecular flexibility index (Phi) is 7.95. The lowest BCUT2D eigenvalue weighted by Gasteiger charge is -2.33. The van der Waals surface area contributed by atoms with Gasteiger partial charge in [0.2, 0.25) is 0 Å². The summed E-state index contributed by atoms with van der Waals surface area (Å²) in [6.45, 7) is 4.31. The van der Waals surface area contributed by atoms with E-state index >= 15 is 0 Å². The Morgan fingerprint density at radius 2 is 1.89 bits per heavy atom. The van der Waals surface area contributed by atoms with E-state index in [4.69, 9.17) is 9.47 Å². The van der Waals surface area contributed by atoms with Crippen molar-refractivity contribution in [1.29, 1.82) is 0 Å². The minimum absolute atomic E-state index is 0.0719. The number of halogens is 3. The largest absolute Gasteiger partial charge is 0.492 e. The topological polar surface area (TPSA) is 63.2 Å². The number of esters is 1. The van der Waals surface area contributed by atoms with Crippen LogP contribution in [0.4, 0.5) is 13.2 Å². The average Bonchev–Trinajstić information content (AvgIpc) is 2.68. The van der Waals surface area contributed by atoms with Crippen molar-refractivity contribution in [3.05, 3.63) is 29.8 Å². The number of hydrogen-bond donors (Lipinski definition) is 1. The monoisotopic (exact) mass is 401 g/mol. The van der Waals surface area contributed by atoms with Crippen molar-refractivity contribution in [2.24, 2.45) is 10.9 Å². The predicted molar refractivity (Wildman–Crippen MR) is 99.2 cm³/mol. The number of carbonyl (C=O) groups is 1. The fourth-order valence-electron chi connectivity index (χ4n) is 2.99. The third kappa shape index (κ3) is 6.31. The number of aliphatic imine (C=N–C) groups is 1. The Morgan fingerprint density at radius 3 is 2.43 bits per heavy atom. The van der Waals surface area contributed by atoms with Crippen LogP contribution in [-0.4, -0.2) is 56.7 Å². The van der Waals surface area contributed by atoms with Gasteiger partial charge in [-0.15, -0.1) is 0 Å². The quantitative estimate of drug-likeness (QED) is 0.344. The molecule has 9 heteroatoms. The third-order valence-corrected chi connectivity index (χ3v) is 4.46. The van der Waals surface area contributed by atoms with Crippen LogP contribution in [0, 0.1) is 5.92 Å². The first-order chi connectivity index (χ1) is 13.3. The number of likely N-dealkylation sites (tertiary alicyclic amines) is 1. The number of piperidine rings is 1. The van der Waals surface area contributed by atoms with Crippen LogP contribution in [0.5, 0.6) is 5.75 Å². The number of ether oxygens (including phenoxy) is 2. The number of nitrogens with zero attached hydrogens (tertiary/aromatic N) is 2. The van der Waals surface area contributed by atoms with Gasteiger partial charge in [-0.25, -0.2) is 0 Å². The van der Waals surface area contributed by atoms with Crippen LogP contribution in [0.1, 0.15) is 25.3 Å². The number of alkyl halides is 3. The van der Waals surface area contributed by atoms with Crippen molar-refractivity contribution in [2.75, 3.05) is 39.9 Å². The van der Waals surface area contributed by atoms with Gasteiger partial charge >= 0.3 is 12.1 Å². The summed E-state index contributed by atoms with van der Waals surface area (Å²) < 4.78 is 48.2. The number of nitrogens with one attached hydrogen (secondary N) is 1. The van der Waals surface area contributed by atoms with Gasteiger partial charge in [0.1, 0.15) is 12.4 Å². The maximum absolute atomic E-state index is 12.5. The number of guanidine groups is 1. The summed E-state index contributed by atoms with van der Waals surface area (Å²) in [4.78, 5) is 18.1. The molecule has 0 amide bonds. The normalized spacial score (nSPS) is 16.0. The molecule has 0 aliphatic carbocycles. The molecule has 0 aromatic heterocycles. The summed E-state index contributed by atoms with van der Waals surface area (Å²) >= 11 is 0. The standard InChI is InChI=1S/C19H26F3N3O3/c1-3-27-17(26)14-8-11-25(12-9-14)18(23-2)24-10-13-28-16-6-4-15(5-7-16)19(20,21)22/h4-7,14H,3,8-13H2,1-2H3,(H,23,24). The minimum atomic E-state index is -4.35. The van der Waals surface area contributed by atoms with Crippen molar-refractivity contribution < 1.29 is 27.4 Å². The van der Waals surface area contributed by atoms with E-state index in [1.54, 1.807) is 14.0 Å². The van der Waals surface area contributed by atoms with Crippen LogP contribution in [0.25, 0.3) is 0 Å². The fraction of sp³-hybridized carbons (Fsp3) is 0.579. The van der Waals surface area contributed by atoms with E-state index in [-0.39, 0.29) is 18.5 Å². The first kappa shape index (κ1) is 21.8. The van der Waals surface area contributed by atoms with Crippen LogP contribution in [0.15, 0.2) is 29.3 Å².